The lowest BCUT2D eigenvalue weighted by molar-refractivity contribution is 0.0738. The fraction of sp³-hybridized carbons (Fsp3) is 0.333. The average Bonchev–Trinajstić information content (AvgIpc) is 2.90. The zero-order valence-corrected chi connectivity index (χ0v) is 15.1. The summed E-state index contributed by atoms with van der Waals surface area (Å²) < 4.78 is 5.76. The Morgan fingerprint density at radius 1 is 1.28 bits per heavy atom. The van der Waals surface area contributed by atoms with Crippen LogP contribution in [0.2, 0.25) is 0 Å². The van der Waals surface area contributed by atoms with Crippen molar-refractivity contribution in [3.8, 4) is 5.75 Å². The van der Waals surface area contributed by atoms with E-state index in [-0.39, 0.29) is 11.9 Å². The Bertz CT molecular complexity index is 788. The number of thiophene rings is 1. The van der Waals surface area contributed by atoms with Gasteiger partial charge in [-0.3, -0.25) is 4.79 Å². The van der Waals surface area contributed by atoms with E-state index in [1.54, 1.807) is 11.0 Å². The van der Waals surface area contributed by atoms with E-state index in [1.165, 1.54) is 11.3 Å². The van der Waals surface area contributed by atoms with Crippen molar-refractivity contribution in [1.82, 2.24) is 10.2 Å². The summed E-state index contributed by atoms with van der Waals surface area (Å²) in [5, 5.41) is 5.48. The molecule has 25 heavy (non-hydrogen) atoms. The second-order valence-electron chi connectivity index (χ2n) is 5.79. The SMILES string of the molecule is CCNC(=O)Nc1ccc2c(c1)CN(C(=O)c1ccc(C)s1)CCO2. The molecule has 3 amide bonds. The third kappa shape index (κ3) is 4.11. The summed E-state index contributed by atoms with van der Waals surface area (Å²) >= 11 is 1.50. The predicted octanol–water partition coefficient (Wildman–Crippen LogP) is 3.23. The first kappa shape index (κ1) is 17.3. The first-order chi connectivity index (χ1) is 12.1. The number of nitrogens with one attached hydrogen (secondary N) is 2. The number of urea groups is 1. The van der Waals surface area contributed by atoms with Gasteiger partial charge in [-0.05, 0) is 44.2 Å². The van der Waals surface area contributed by atoms with E-state index in [1.807, 2.05) is 38.1 Å². The van der Waals surface area contributed by atoms with E-state index in [2.05, 4.69) is 10.6 Å². The molecule has 2 N–H and O–H groups in total. The van der Waals surface area contributed by atoms with Crippen LogP contribution in [-0.2, 0) is 6.54 Å². The standard InChI is InChI=1S/C18H21N3O3S/c1-3-19-18(23)20-14-5-6-15-13(10-14)11-21(8-9-24-15)17(22)16-7-4-12(2)25-16/h4-7,10H,3,8-9,11H2,1-2H3,(H2,19,20,23). The maximum atomic E-state index is 12.7. The number of aryl methyl sites for hydroxylation is 1. The smallest absolute Gasteiger partial charge is 0.319 e. The van der Waals surface area contributed by atoms with Crippen molar-refractivity contribution < 1.29 is 14.3 Å². The molecule has 1 aromatic carbocycles. The van der Waals surface area contributed by atoms with Crippen LogP contribution in [0.4, 0.5) is 10.5 Å². The molecule has 2 heterocycles. The van der Waals surface area contributed by atoms with E-state index in [0.717, 1.165) is 21.1 Å². The van der Waals surface area contributed by atoms with Gasteiger partial charge in [0.1, 0.15) is 12.4 Å². The third-order valence-electron chi connectivity index (χ3n) is 3.87. The number of nitrogens with zero attached hydrogens (tertiary/aromatic N) is 1. The highest BCUT2D eigenvalue weighted by molar-refractivity contribution is 7.13. The van der Waals surface area contributed by atoms with Crippen LogP contribution in [0.15, 0.2) is 30.3 Å². The number of hydrogen-bond acceptors (Lipinski definition) is 4. The van der Waals surface area contributed by atoms with Crippen LogP contribution in [0.3, 0.4) is 0 Å². The van der Waals surface area contributed by atoms with Gasteiger partial charge in [-0.15, -0.1) is 11.3 Å². The molecule has 1 aromatic heterocycles. The van der Waals surface area contributed by atoms with Crippen molar-refractivity contribution in [2.45, 2.75) is 20.4 Å². The maximum Gasteiger partial charge on any atom is 0.319 e. The van der Waals surface area contributed by atoms with Gasteiger partial charge in [-0.2, -0.15) is 0 Å². The zero-order chi connectivity index (χ0) is 17.8. The number of carbonyl (C=O) groups excluding carboxylic acids is 2. The minimum absolute atomic E-state index is 0.0108. The summed E-state index contributed by atoms with van der Waals surface area (Å²) in [6.07, 6.45) is 0. The van der Waals surface area contributed by atoms with Crippen molar-refractivity contribution in [3.63, 3.8) is 0 Å². The number of benzene rings is 1. The van der Waals surface area contributed by atoms with Crippen LogP contribution in [-0.4, -0.2) is 36.5 Å². The number of ether oxygens (including phenoxy) is 1. The maximum absolute atomic E-state index is 12.7. The van der Waals surface area contributed by atoms with Gasteiger partial charge in [-0.1, -0.05) is 0 Å². The van der Waals surface area contributed by atoms with Crippen molar-refractivity contribution in [2.75, 3.05) is 25.0 Å². The molecule has 0 fully saturated rings. The van der Waals surface area contributed by atoms with Crippen LogP contribution in [0, 0.1) is 6.92 Å². The van der Waals surface area contributed by atoms with E-state index in [9.17, 15) is 9.59 Å². The molecule has 0 saturated heterocycles. The lowest BCUT2D eigenvalue weighted by atomic mass is 10.1. The molecular weight excluding hydrogens is 338 g/mol. The Morgan fingerprint density at radius 2 is 2.12 bits per heavy atom. The van der Waals surface area contributed by atoms with Crippen molar-refractivity contribution >= 4 is 29.0 Å². The second-order valence-corrected chi connectivity index (χ2v) is 7.08. The van der Waals surface area contributed by atoms with Crippen molar-refractivity contribution in [3.05, 3.63) is 45.6 Å². The predicted molar refractivity (Wildman–Crippen MR) is 98.4 cm³/mol. The molecular formula is C18H21N3O3S. The Balaban J connectivity index is 1.78. The minimum Gasteiger partial charge on any atom is -0.491 e. The average molecular weight is 359 g/mol. The van der Waals surface area contributed by atoms with Gasteiger partial charge in [0.2, 0.25) is 0 Å². The summed E-state index contributed by atoms with van der Waals surface area (Å²) in [5.41, 5.74) is 1.56. The number of anilines is 1. The molecule has 0 unspecified atom stereocenters. The summed E-state index contributed by atoms with van der Waals surface area (Å²) in [7, 11) is 0. The van der Waals surface area contributed by atoms with Gasteiger partial charge < -0.3 is 20.3 Å². The molecule has 0 bridgehead atoms. The molecule has 0 saturated carbocycles. The Hall–Kier alpha value is -2.54. The molecule has 0 spiro atoms. The molecule has 1 aliphatic heterocycles. The van der Waals surface area contributed by atoms with E-state index < -0.39 is 0 Å². The van der Waals surface area contributed by atoms with Crippen LogP contribution < -0.4 is 15.4 Å². The Labute approximate surface area is 150 Å². The normalized spacial score (nSPS) is 13.4. The minimum atomic E-state index is -0.251. The molecule has 132 valence electrons. The highest BCUT2D eigenvalue weighted by Gasteiger charge is 2.22. The first-order valence-electron chi connectivity index (χ1n) is 8.23. The largest absolute Gasteiger partial charge is 0.491 e. The lowest BCUT2D eigenvalue weighted by Gasteiger charge is -2.19. The van der Waals surface area contributed by atoms with Crippen LogP contribution in [0.5, 0.6) is 5.75 Å². The number of hydrogen-bond donors (Lipinski definition) is 2. The molecule has 2 aromatic rings. The number of amides is 3. The molecule has 1 aliphatic rings. The van der Waals surface area contributed by atoms with Gasteiger partial charge in [-0.25, -0.2) is 4.79 Å². The summed E-state index contributed by atoms with van der Waals surface area (Å²) in [5.74, 6) is 0.760. The van der Waals surface area contributed by atoms with Gasteiger partial charge >= 0.3 is 6.03 Å². The highest BCUT2D eigenvalue weighted by Crippen LogP contribution is 2.28. The van der Waals surface area contributed by atoms with E-state index >= 15 is 0 Å². The molecule has 0 radical (unpaired) electrons. The van der Waals surface area contributed by atoms with Gasteiger partial charge in [0.15, 0.2) is 0 Å². The third-order valence-corrected chi connectivity index (χ3v) is 4.86. The lowest BCUT2D eigenvalue weighted by Crippen LogP contribution is -2.32. The van der Waals surface area contributed by atoms with Gasteiger partial charge in [0.05, 0.1) is 11.4 Å². The summed E-state index contributed by atoms with van der Waals surface area (Å²) in [6.45, 7) is 5.84. The first-order valence-corrected chi connectivity index (χ1v) is 9.04. The van der Waals surface area contributed by atoms with Crippen LogP contribution >= 0.6 is 11.3 Å². The Kier molecular flexibility index (Phi) is 5.23. The number of rotatable bonds is 3. The molecule has 7 heteroatoms. The second kappa shape index (κ2) is 7.57. The summed E-state index contributed by atoms with van der Waals surface area (Å²) in [4.78, 5) is 28.0. The topological polar surface area (TPSA) is 70.7 Å². The zero-order valence-electron chi connectivity index (χ0n) is 14.3. The van der Waals surface area contributed by atoms with Gasteiger partial charge in [0.25, 0.3) is 5.91 Å². The number of carbonyl (C=O) groups is 2. The molecule has 0 atom stereocenters. The van der Waals surface area contributed by atoms with E-state index in [4.69, 9.17) is 4.74 Å². The number of fused-ring (bicyclic) bond motifs is 1. The quantitative estimate of drug-likeness (QED) is 0.884. The van der Waals surface area contributed by atoms with Crippen LogP contribution in [0.1, 0.15) is 27.0 Å². The van der Waals surface area contributed by atoms with Crippen molar-refractivity contribution in [1.29, 1.82) is 0 Å². The Morgan fingerprint density at radius 3 is 2.84 bits per heavy atom. The molecule has 6 nitrogen and oxygen atoms in total. The molecule has 0 aliphatic carbocycles. The van der Waals surface area contributed by atoms with Crippen molar-refractivity contribution in [2.24, 2.45) is 0 Å². The monoisotopic (exact) mass is 359 g/mol. The highest BCUT2D eigenvalue weighted by atomic mass is 32.1. The fourth-order valence-corrected chi connectivity index (χ4v) is 3.52. The van der Waals surface area contributed by atoms with Crippen LogP contribution in [0.25, 0.3) is 0 Å². The van der Waals surface area contributed by atoms with E-state index in [0.29, 0.717) is 31.9 Å². The summed E-state index contributed by atoms with van der Waals surface area (Å²) in [6, 6.07) is 9.06. The fourth-order valence-electron chi connectivity index (χ4n) is 2.69. The molecule has 3 rings (SSSR count). The van der Waals surface area contributed by atoms with Gasteiger partial charge in [0, 0.05) is 29.2 Å².